The van der Waals surface area contributed by atoms with Gasteiger partial charge in [-0.3, -0.25) is 4.99 Å². The summed E-state index contributed by atoms with van der Waals surface area (Å²) in [5.41, 5.74) is 5.57. The van der Waals surface area contributed by atoms with Crippen LogP contribution in [0.25, 0.3) is 5.57 Å². The SMILES string of the molecule is C=C(CN1C(=C)C(C2=CC=C(C)CC2)=NC12CCCCC2)c1cc(OC)ccc1F. The first-order valence-corrected chi connectivity index (χ1v) is 10.9. The van der Waals surface area contributed by atoms with E-state index >= 15 is 0 Å². The van der Waals surface area contributed by atoms with E-state index in [1.807, 2.05) is 0 Å². The van der Waals surface area contributed by atoms with E-state index in [1.54, 1.807) is 19.2 Å². The molecule has 1 aromatic rings. The third kappa shape index (κ3) is 3.76. The molecule has 3 aliphatic rings. The number of benzene rings is 1. The van der Waals surface area contributed by atoms with Crippen LogP contribution in [-0.4, -0.2) is 29.9 Å². The highest BCUT2D eigenvalue weighted by Gasteiger charge is 2.45. The van der Waals surface area contributed by atoms with Crippen LogP contribution in [-0.2, 0) is 0 Å². The Morgan fingerprint density at radius 2 is 1.97 bits per heavy atom. The van der Waals surface area contributed by atoms with Crippen LogP contribution < -0.4 is 4.74 Å². The summed E-state index contributed by atoms with van der Waals surface area (Å²) in [5.74, 6) is 0.353. The number of hydrogen-bond acceptors (Lipinski definition) is 3. The van der Waals surface area contributed by atoms with Gasteiger partial charge in [0.2, 0.25) is 0 Å². The minimum atomic E-state index is -0.278. The molecule has 0 radical (unpaired) electrons. The van der Waals surface area contributed by atoms with Gasteiger partial charge in [0.15, 0.2) is 0 Å². The lowest BCUT2D eigenvalue weighted by Gasteiger charge is -2.41. The Morgan fingerprint density at radius 3 is 2.63 bits per heavy atom. The summed E-state index contributed by atoms with van der Waals surface area (Å²) in [6.45, 7) is 11.3. The highest BCUT2D eigenvalue weighted by Crippen LogP contribution is 2.44. The highest BCUT2D eigenvalue weighted by atomic mass is 19.1. The summed E-state index contributed by atoms with van der Waals surface area (Å²) in [4.78, 5) is 7.57. The first-order chi connectivity index (χ1) is 14.4. The number of ether oxygens (including phenoxy) is 1. The Morgan fingerprint density at radius 1 is 1.20 bits per heavy atom. The minimum absolute atomic E-state index is 0.278. The number of halogens is 1. The van der Waals surface area contributed by atoms with E-state index in [0.29, 0.717) is 17.9 Å². The van der Waals surface area contributed by atoms with Crippen molar-refractivity contribution in [2.45, 2.75) is 57.5 Å². The molecule has 30 heavy (non-hydrogen) atoms. The molecular formula is C26H31FN2O. The Kier molecular flexibility index (Phi) is 5.68. The van der Waals surface area contributed by atoms with E-state index in [9.17, 15) is 4.39 Å². The molecule has 2 aliphatic carbocycles. The second-order valence-electron chi connectivity index (χ2n) is 8.69. The Hall–Kier alpha value is -2.62. The quantitative estimate of drug-likeness (QED) is 0.562. The van der Waals surface area contributed by atoms with Crippen molar-refractivity contribution in [2.24, 2.45) is 4.99 Å². The fraction of sp³-hybridized carbons (Fsp3) is 0.423. The van der Waals surface area contributed by atoms with Gasteiger partial charge in [-0.05, 0) is 74.8 Å². The van der Waals surface area contributed by atoms with Crippen LogP contribution in [0.2, 0.25) is 0 Å². The zero-order valence-electron chi connectivity index (χ0n) is 18.1. The summed E-state index contributed by atoms with van der Waals surface area (Å²) in [7, 11) is 1.59. The van der Waals surface area contributed by atoms with Crippen molar-refractivity contribution < 1.29 is 9.13 Å². The van der Waals surface area contributed by atoms with Crippen LogP contribution in [0.1, 0.15) is 57.4 Å². The normalized spacial score (nSPS) is 20.7. The van der Waals surface area contributed by atoms with Gasteiger partial charge >= 0.3 is 0 Å². The van der Waals surface area contributed by atoms with Crippen molar-refractivity contribution in [1.29, 1.82) is 0 Å². The molecule has 1 heterocycles. The minimum Gasteiger partial charge on any atom is -0.497 e. The molecule has 0 bridgehead atoms. The van der Waals surface area contributed by atoms with E-state index in [2.05, 4.69) is 37.1 Å². The van der Waals surface area contributed by atoms with E-state index in [1.165, 1.54) is 23.6 Å². The summed E-state index contributed by atoms with van der Waals surface area (Å²) in [6.07, 6.45) is 12.0. The van der Waals surface area contributed by atoms with Crippen molar-refractivity contribution in [2.75, 3.05) is 13.7 Å². The molecular weight excluding hydrogens is 375 g/mol. The Bertz CT molecular complexity index is 963. The lowest BCUT2D eigenvalue weighted by molar-refractivity contribution is 0.125. The van der Waals surface area contributed by atoms with Crippen LogP contribution in [0.5, 0.6) is 5.75 Å². The fourth-order valence-corrected chi connectivity index (χ4v) is 4.83. The van der Waals surface area contributed by atoms with Gasteiger partial charge in [-0.1, -0.05) is 37.3 Å². The number of allylic oxidation sites excluding steroid dienone is 4. The zero-order chi connectivity index (χ0) is 21.3. The summed E-state index contributed by atoms with van der Waals surface area (Å²) >= 11 is 0. The largest absolute Gasteiger partial charge is 0.497 e. The monoisotopic (exact) mass is 406 g/mol. The van der Waals surface area contributed by atoms with E-state index in [4.69, 9.17) is 9.73 Å². The molecule has 4 heteroatoms. The summed E-state index contributed by atoms with van der Waals surface area (Å²) in [5, 5.41) is 0. The molecule has 1 aromatic carbocycles. The van der Waals surface area contributed by atoms with Crippen LogP contribution >= 0.6 is 0 Å². The van der Waals surface area contributed by atoms with Gasteiger partial charge in [0.25, 0.3) is 0 Å². The van der Waals surface area contributed by atoms with Crippen LogP contribution in [0, 0.1) is 5.82 Å². The summed E-state index contributed by atoms with van der Waals surface area (Å²) in [6, 6.07) is 4.80. The van der Waals surface area contributed by atoms with Crippen molar-refractivity contribution >= 4 is 11.3 Å². The first kappa shape index (κ1) is 20.6. The number of hydrogen-bond donors (Lipinski definition) is 0. The van der Waals surface area contributed by atoms with E-state index in [0.717, 1.165) is 55.5 Å². The maximum absolute atomic E-state index is 14.6. The third-order valence-corrected chi connectivity index (χ3v) is 6.64. The van der Waals surface area contributed by atoms with Crippen molar-refractivity contribution in [1.82, 2.24) is 4.90 Å². The molecule has 4 rings (SSSR count). The second kappa shape index (κ2) is 8.25. The molecule has 0 saturated heterocycles. The van der Waals surface area contributed by atoms with Crippen LogP contribution in [0.15, 0.2) is 65.3 Å². The molecule has 3 nitrogen and oxygen atoms in total. The van der Waals surface area contributed by atoms with E-state index in [-0.39, 0.29) is 11.5 Å². The predicted octanol–water partition coefficient (Wildman–Crippen LogP) is 6.44. The third-order valence-electron chi connectivity index (χ3n) is 6.64. The van der Waals surface area contributed by atoms with Gasteiger partial charge < -0.3 is 9.64 Å². The molecule has 1 aliphatic heterocycles. The number of rotatable bonds is 5. The predicted molar refractivity (Wildman–Crippen MR) is 122 cm³/mol. The molecule has 1 fully saturated rings. The lowest BCUT2D eigenvalue weighted by Crippen LogP contribution is -2.45. The van der Waals surface area contributed by atoms with Gasteiger partial charge in [-0.25, -0.2) is 4.39 Å². The lowest BCUT2D eigenvalue weighted by atomic mass is 9.88. The van der Waals surface area contributed by atoms with Crippen LogP contribution in [0.3, 0.4) is 0 Å². The van der Waals surface area contributed by atoms with E-state index < -0.39 is 0 Å². The first-order valence-electron chi connectivity index (χ1n) is 10.9. The van der Waals surface area contributed by atoms with Gasteiger partial charge in [0, 0.05) is 12.1 Å². The average molecular weight is 407 g/mol. The zero-order valence-corrected chi connectivity index (χ0v) is 18.1. The molecule has 158 valence electrons. The average Bonchev–Trinajstić information content (AvgIpc) is 3.01. The smallest absolute Gasteiger partial charge is 0.133 e. The number of aliphatic imine (C=N–C) groups is 1. The maximum atomic E-state index is 14.6. The van der Waals surface area contributed by atoms with Crippen LogP contribution in [0.4, 0.5) is 4.39 Å². The molecule has 0 N–H and O–H groups in total. The molecule has 0 aromatic heterocycles. The summed E-state index contributed by atoms with van der Waals surface area (Å²) < 4.78 is 19.9. The van der Waals surface area contributed by atoms with Gasteiger partial charge in [0.1, 0.15) is 17.2 Å². The fourth-order valence-electron chi connectivity index (χ4n) is 4.83. The second-order valence-corrected chi connectivity index (χ2v) is 8.69. The van der Waals surface area contributed by atoms with Crippen molar-refractivity contribution in [3.63, 3.8) is 0 Å². The van der Waals surface area contributed by atoms with Crippen molar-refractivity contribution in [3.05, 3.63) is 71.7 Å². The standard InChI is InChI=1S/C26H31FN2O/c1-18-8-10-21(11-9-18)25-20(3)29(26(28-25)14-6-5-7-15-26)17-19(2)23-16-22(30-4)12-13-24(23)27/h8,10,12-13,16H,2-3,5-7,9,11,14-15,17H2,1,4H3. The Balaban J connectivity index is 1.65. The number of nitrogens with zero attached hydrogens (tertiary/aromatic N) is 2. The molecule has 1 saturated carbocycles. The molecule has 1 spiro atoms. The van der Waals surface area contributed by atoms with Crippen molar-refractivity contribution in [3.8, 4) is 5.75 Å². The van der Waals surface area contributed by atoms with Gasteiger partial charge in [0.05, 0.1) is 18.5 Å². The highest BCUT2D eigenvalue weighted by molar-refractivity contribution is 6.13. The van der Waals surface area contributed by atoms with Gasteiger partial charge in [-0.15, -0.1) is 0 Å². The number of methoxy groups -OCH3 is 1. The molecule has 0 amide bonds. The maximum Gasteiger partial charge on any atom is 0.133 e. The Labute approximate surface area is 179 Å². The molecule has 0 unspecified atom stereocenters. The molecule has 0 atom stereocenters. The van der Waals surface area contributed by atoms with Gasteiger partial charge in [-0.2, -0.15) is 0 Å². The topological polar surface area (TPSA) is 24.8 Å².